The minimum Gasteiger partial charge on any atom is -0.382 e. The smallest absolute Gasteiger partial charge is 0.216 e. The molecule has 0 saturated heterocycles. The van der Waals surface area contributed by atoms with Gasteiger partial charge < -0.3 is 15.2 Å². The second-order valence-electron chi connectivity index (χ2n) is 2.81. The summed E-state index contributed by atoms with van der Waals surface area (Å²) in [5.41, 5.74) is 5.38. The van der Waals surface area contributed by atoms with Crippen LogP contribution < -0.4 is 5.73 Å². The van der Waals surface area contributed by atoms with E-state index in [0.29, 0.717) is 24.3 Å². The fourth-order valence-electron chi connectivity index (χ4n) is 0.891. The number of ether oxygens (including phenoxy) is 2. The van der Waals surface area contributed by atoms with E-state index in [2.05, 4.69) is 15.2 Å². The summed E-state index contributed by atoms with van der Waals surface area (Å²) in [7, 11) is 1.66. The van der Waals surface area contributed by atoms with Crippen LogP contribution in [0.1, 0.15) is 6.42 Å². The monoisotopic (exact) mass is 232 g/mol. The third kappa shape index (κ3) is 5.60. The largest absolute Gasteiger partial charge is 0.382 e. The molecule has 3 N–H and O–H groups in total. The van der Waals surface area contributed by atoms with Crippen LogP contribution in [0.4, 0.5) is 5.95 Å². The van der Waals surface area contributed by atoms with Crippen molar-refractivity contribution in [2.45, 2.75) is 11.6 Å². The number of aromatic nitrogens is 3. The van der Waals surface area contributed by atoms with Gasteiger partial charge in [0.05, 0.1) is 13.2 Å². The zero-order chi connectivity index (χ0) is 10.9. The minimum atomic E-state index is 0.355. The van der Waals surface area contributed by atoms with E-state index in [1.807, 2.05) is 0 Å². The second kappa shape index (κ2) is 7.49. The Balaban J connectivity index is 1.93. The van der Waals surface area contributed by atoms with Crippen molar-refractivity contribution in [3.63, 3.8) is 0 Å². The maximum Gasteiger partial charge on any atom is 0.216 e. The maximum atomic E-state index is 5.38. The summed E-state index contributed by atoms with van der Waals surface area (Å²) in [6, 6.07) is 0. The van der Waals surface area contributed by atoms with E-state index in [4.69, 9.17) is 15.2 Å². The molecule has 0 amide bonds. The van der Waals surface area contributed by atoms with Crippen molar-refractivity contribution in [1.82, 2.24) is 15.2 Å². The molecule has 0 unspecified atom stereocenters. The van der Waals surface area contributed by atoms with E-state index in [9.17, 15) is 0 Å². The van der Waals surface area contributed by atoms with Gasteiger partial charge in [0, 0.05) is 19.5 Å². The number of nitrogens with zero attached hydrogens (tertiary/aromatic N) is 2. The number of nitrogen functional groups attached to an aromatic ring is 1. The van der Waals surface area contributed by atoms with Crippen molar-refractivity contribution < 1.29 is 9.47 Å². The van der Waals surface area contributed by atoms with E-state index >= 15 is 0 Å². The number of methoxy groups -OCH3 is 1. The zero-order valence-electron chi connectivity index (χ0n) is 8.73. The van der Waals surface area contributed by atoms with Gasteiger partial charge in [0.1, 0.15) is 0 Å². The van der Waals surface area contributed by atoms with Crippen LogP contribution in [0.5, 0.6) is 0 Å². The molecule has 0 aliphatic heterocycles. The molecule has 1 aromatic heterocycles. The summed E-state index contributed by atoms with van der Waals surface area (Å²) in [4.78, 5) is 3.97. The lowest BCUT2D eigenvalue weighted by Crippen LogP contribution is -2.03. The molecule has 6 nitrogen and oxygen atoms in total. The first-order chi connectivity index (χ1) is 7.33. The number of H-pyrrole nitrogens is 1. The van der Waals surface area contributed by atoms with Gasteiger partial charge in [-0.2, -0.15) is 4.98 Å². The number of hydrogen-bond acceptors (Lipinski definition) is 6. The molecule has 1 heterocycles. The van der Waals surface area contributed by atoms with Gasteiger partial charge in [-0.25, -0.2) is 5.10 Å². The third-order valence-electron chi connectivity index (χ3n) is 1.58. The van der Waals surface area contributed by atoms with Gasteiger partial charge >= 0.3 is 0 Å². The van der Waals surface area contributed by atoms with Gasteiger partial charge in [-0.1, -0.05) is 11.8 Å². The molecule has 0 saturated carbocycles. The van der Waals surface area contributed by atoms with Crippen LogP contribution in [-0.2, 0) is 9.47 Å². The molecule has 0 fully saturated rings. The van der Waals surface area contributed by atoms with E-state index in [1.54, 1.807) is 18.9 Å². The van der Waals surface area contributed by atoms with Gasteiger partial charge in [-0.15, -0.1) is 5.10 Å². The fourth-order valence-corrected chi connectivity index (χ4v) is 1.61. The highest BCUT2D eigenvalue weighted by atomic mass is 32.2. The lowest BCUT2D eigenvalue weighted by molar-refractivity contribution is 0.0713. The van der Waals surface area contributed by atoms with Crippen molar-refractivity contribution >= 4 is 17.7 Å². The van der Waals surface area contributed by atoms with Crippen molar-refractivity contribution in [2.75, 3.05) is 38.4 Å². The van der Waals surface area contributed by atoms with Crippen molar-refractivity contribution in [2.24, 2.45) is 0 Å². The van der Waals surface area contributed by atoms with Gasteiger partial charge in [0.15, 0.2) is 0 Å². The maximum absolute atomic E-state index is 5.38. The first kappa shape index (κ1) is 12.3. The highest BCUT2D eigenvalue weighted by Crippen LogP contribution is 2.13. The number of nitrogens with two attached hydrogens (primary N) is 1. The summed E-state index contributed by atoms with van der Waals surface area (Å²) in [6.45, 7) is 2.02. The normalized spacial score (nSPS) is 10.7. The molecular formula is C8H16N4O2S. The zero-order valence-corrected chi connectivity index (χ0v) is 9.55. The third-order valence-corrected chi connectivity index (χ3v) is 2.51. The molecule has 0 aliphatic rings. The standard InChI is InChI=1S/C8H16N4O2S/c1-13-4-5-14-3-2-6-15-8-10-7(9)11-12-8/h2-6H2,1H3,(H3,9,10,11,12). The Labute approximate surface area is 92.9 Å². The van der Waals surface area contributed by atoms with Gasteiger partial charge in [-0.3, -0.25) is 0 Å². The van der Waals surface area contributed by atoms with Crippen molar-refractivity contribution in [3.8, 4) is 0 Å². The van der Waals surface area contributed by atoms with Crippen molar-refractivity contribution in [1.29, 1.82) is 0 Å². The Kier molecular flexibility index (Phi) is 6.14. The van der Waals surface area contributed by atoms with E-state index < -0.39 is 0 Å². The van der Waals surface area contributed by atoms with Crippen LogP contribution in [-0.4, -0.2) is 47.9 Å². The molecule has 1 aromatic rings. The molecule has 0 atom stereocenters. The number of anilines is 1. The van der Waals surface area contributed by atoms with E-state index in [1.165, 1.54) is 0 Å². The Morgan fingerprint density at radius 1 is 1.40 bits per heavy atom. The molecule has 0 aromatic carbocycles. The summed E-state index contributed by atoms with van der Waals surface area (Å²) in [6.07, 6.45) is 0.961. The summed E-state index contributed by atoms with van der Waals surface area (Å²) in [5, 5.41) is 7.17. The molecule has 0 aliphatic carbocycles. The van der Waals surface area contributed by atoms with Gasteiger partial charge in [0.25, 0.3) is 0 Å². The van der Waals surface area contributed by atoms with Gasteiger partial charge in [0.2, 0.25) is 11.1 Å². The first-order valence-electron chi connectivity index (χ1n) is 4.70. The number of rotatable bonds is 8. The average molecular weight is 232 g/mol. The summed E-state index contributed by atoms with van der Waals surface area (Å²) in [5.74, 6) is 1.28. The molecule has 0 spiro atoms. The van der Waals surface area contributed by atoms with Crippen LogP contribution >= 0.6 is 11.8 Å². The molecular weight excluding hydrogens is 216 g/mol. The van der Waals surface area contributed by atoms with Crippen molar-refractivity contribution in [3.05, 3.63) is 0 Å². The molecule has 0 radical (unpaired) electrons. The molecule has 1 rings (SSSR count). The fraction of sp³-hybridized carbons (Fsp3) is 0.750. The SMILES string of the molecule is COCCOCCCSc1n[nH]c(N)n1. The summed E-state index contributed by atoms with van der Waals surface area (Å²) >= 11 is 1.56. The average Bonchev–Trinajstić information content (AvgIpc) is 2.63. The molecule has 7 heteroatoms. The quantitative estimate of drug-likeness (QED) is 0.502. The number of nitrogens with one attached hydrogen (secondary N) is 1. The Hall–Kier alpha value is -0.790. The van der Waals surface area contributed by atoms with Crippen LogP contribution in [0.2, 0.25) is 0 Å². The lowest BCUT2D eigenvalue weighted by Gasteiger charge is -2.01. The Morgan fingerprint density at radius 3 is 2.93 bits per heavy atom. The van der Waals surface area contributed by atoms with E-state index in [0.717, 1.165) is 18.8 Å². The molecule has 15 heavy (non-hydrogen) atoms. The number of thioether (sulfide) groups is 1. The van der Waals surface area contributed by atoms with Crippen LogP contribution in [0, 0.1) is 0 Å². The Morgan fingerprint density at radius 2 is 2.27 bits per heavy atom. The van der Waals surface area contributed by atoms with Crippen LogP contribution in [0.3, 0.4) is 0 Å². The van der Waals surface area contributed by atoms with Crippen LogP contribution in [0.15, 0.2) is 5.16 Å². The minimum absolute atomic E-state index is 0.355. The topological polar surface area (TPSA) is 86.0 Å². The summed E-state index contributed by atoms with van der Waals surface area (Å²) < 4.78 is 10.2. The number of aromatic amines is 1. The highest BCUT2D eigenvalue weighted by Gasteiger charge is 1.99. The van der Waals surface area contributed by atoms with E-state index in [-0.39, 0.29) is 0 Å². The lowest BCUT2D eigenvalue weighted by atomic mass is 10.5. The first-order valence-corrected chi connectivity index (χ1v) is 5.69. The second-order valence-corrected chi connectivity index (χ2v) is 3.87. The molecule has 0 bridgehead atoms. The van der Waals surface area contributed by atoms with Gasteiger partial charge in [-0.05, 0) is 6.42 Å². The van der Waals surface area contributed by atoms with Crippen LogP contribution in [0.25, 0.3) is 0 Å². The molecule has 86 valence electrons. The Bertz CT molecular complexity index is 269. The predicted octanol–water partition coefficient (Wildman–Crippen LogP) is 0.532. The highest BCUT2D eigenvalue weighted by molar-refractivity contribution is 7.99. The predicted molar refractivity (Wildman–Crippen MR) is 58.8 cm³/mol. The number of hydrogen-bond donors (Lipinski definition) is 2.